The minimum absolute atomic E-state index is 0. The first kappa shape index (κ1) is 25.8. The molecule has 26 heavy (non-hydrogen) atoms. The molecule has 0 radical (unpaired) electrons. The van der Waals surface area contributed by atoms with Crippen molar-refractivity contribution in [2.45, 2.75) is 26.2 Å². The lowest BCUT2D eigenvalue weighted by molar-refractivity contribution is 0.0487. The van der Waals surface area contributed by atoms with Crippen LogP contribution in [0.2, 0.25) is 0 Å². The van der Waals surface area contributed by atoms with Crippen LogP contribution in [0.1, 0.15) is 26.2 Å². The Labute approximate surface area is 177 Å². The molecule has 0 atom stereocenters. The summed E-state index contributed by atoms with van der Waals surface area (Å²) in [6.45, 7) is 12.4. The predicted molar refractivity (Wildman–Crippen MR) is 120 cm³/mol. The second-order valence-electron chi connectivity index (χ2n) is 6.50. The maximum atomic E-state index is 5.55. The normalized spacial score (nSPS) is 16.8. The zero-order valence-corrected chi connectivity index (χ0v) is 19.3. The molecule has 1 fully saturated rings. The molecule has 1 heterocycles. The highest BCUT2D eigenvalue weighted by Gasteiger charge is 2.11. The lowest BCUT2D eigenvalue weighted by Crippen LogP contribution is -2.43. The average Bonchev–Trinajstić information content (AvgIpc) is 2.83. The molecule has 0 aromatic heterocycles. The number of aliphatic imine (C=N–C) groups is 1. The Morgan fingerprint density at radius 1 is 0.962 bits per heavy atom. The first-order chi connectivity index (χ1) is 12.3. The Balaban J connectivity index is 0.00000625. The largest absolute Gasteiger partial charge is 0.379 e. The van der Waals surface area contributed by atoms with Crippen molar-refractivity contribution in [3.05, 3.63) is 0 Å². The van der Waals surface area contributed by atoms with E-state index < -0.39 is 0 Å². The van der Waals surface area contributed by atoms with Gasteiger partial charge in [0.1, 0.15) is 0 Å². The fourth-order valence-corrected chi connectivity index (χ4v) is 2.69. The highest BCUT2D eigenvalue weighted by molar-refractivity contribution is 14.0. The third kappa shape index (κ3) is 14.0. The molecule has 1 aliphatic heterocycles. The minimum atomic E-state index is 0. The Morgan fingerprint density at radius 3 is 2.42 bits per heavy atom. The maximum Gasteiger partial charge on any atom is 0.191 e. The Kier molecular flexibility index (Phi) is 18.1. The van der Waals surface area contributed by atoms with Gasteiger partial charge in [0.05, 0.1) is 19.8 Å². The van der Waals surface area contributed by atoms with Crippen LogP contribution in [0.5, 0.6) is 0 Å². The summed E-state index contributed by atoms with van der Waals surface area (Å²) in [6.07, 6.45) is 3.55. The second-order valence-corrected chi connectivity index (χ2v) is 6.50. The number of guanidine groups is 1. The molecule has 0 saturated carbocycles. The van der Waals surface area contributed by atoms with Gasteiger partial charge in [0.2, 0.25) is 0 Å². The molecule has 1 saturated heterocycles. The van der Waals surface area contributed by atoms with Crippen molar-refractivity contribution < 1.29 is 9.47 Å². The molecule has 0 spiro atoms. The van der Waals surface area contributed by atoms with Gasteiger partial charge in [0.25, 0.3) is 0 Å². The van der Waals surface area contributed by atoms with E-state index in [1.54, 1.807) is 7.05 Å². The monoisotopic (exact) mass is 485 g/mol. The molecule has 0 unspecified atom stereocenters. The first-order valence-corrected chi connectivity index (χ1v) is 9.77. The van der Waals surface area contributed by atoms with E-state index >= 15 is 0 Å². The van der Waals surface area contributed by atoms with Gasteiger partial charge in [0.15, 0.2) is 5.96 Å². The number of halogens is 1. The molecule has 8 heteroatoms. The van der Waals surface area contributed by atoms with Crippen molar-refractivity contribution in [3.8, 4) is 0 Å². The third-order valence-electron chi connectivity index (χ3n) is 4.31. The minimum Gasteiger partial charge on any atom is -0.379 e. The standard InChI is InChI=1S/C18H39N5O2.HI/c1-4-5-14-24-16-17-25-15-8-21-18(19-2)20-7-11-23-10-6-9-22(3)12-13-23;/h4-17H2,1-3H3,(H2,19,20,21);1H. The van der Waals surface area contributed by atoms with Crippen LogP contribution >= 0.6 is 24.0 Å². The topological polar surface area (TPSA) is 61.4 Å². The Bertz CT molecular complexity index is 348. The molecular formula is C18H40IN5O2. The van der Waals surface area contributed by atoms with Crippen molar-refractivity contribution in [1.82, 2.24) is 20.4 Å². The fourth-order valence-electron chi connectivity index (χ4n) is 2.69. The van der Waals surface area contributed by atoms with Crippen LogP contribution in [-0.2, 0) is 9.47 Å². The number of nitrogens with zero attached hydrogens (tertiary/aromatic N) is 3. The number of rotatable bonds is 12. The summed E-state index contributed by atoms with van der Waals surface area (Å²) in [5, 5.41) is 6.66. The number of hydrogen-bond acceptors (Lipinski definition) is 5. The molecule has 156 valence electrons. The van der Waals surface area contributed by atoms with Crippen LogP contribution in [0.3, 0.4) is 0 Å². The molecule has 2 N–H and O–H groups in total. The van der Waals surface area contributed by atoms with E-state index in [2.05, 4.69) is 39.4 Å². The number of unbranched alkanes of at least 4 members (excludes halogenated alkanes) is 1. The highest BCUT2D eigenvalue weighted by Crippen LogP contribution is 1.99. The van der Waals surface area contributed by atoms with E-state index in [1.807, 2.05) is 0 Å². The molecule has 0 amide bonds. The van der Waals surface area contributed by atoms with Gasteiger partial charge in [0, 0.05) is 46.4 Å². The lowest BCUT2D eigenvalue weighted by Gasteiger charge is -2.21. The van der Waals surface area contributed by atoms with Crippen molar-refractivity contribution in [2.24, 2.45) is 4.99 Å². The molecule has 1 rings (SSSR count). The Hall–Kier alpha value is -0.160. The van der Waals surface area contributed by atoms with Crippen molar-refractivity contribution >= 4 is 29.9 Å². The zero-order valence-electron chi connectivity index (χ0n) is 17.0. The molecule has 7 nitrogen and oxygen atoms in total. The summed E-state index contributed by atoms with van der Waals surface area (Å²) in [5.74, 6) is 0.842. The van der Waals surface area contributed by atoms with Gasteiger partial charge >= 0.3 is 0 Å². The quantitative estimate of drug-likeness (QED) is 0.188. The molecule has 0 aromatic carbocycles. The Morgan fingerprint density at radius 2 is 1.69 bits per heavy atom. The summed E-state index contributed by atoms with van der Waals surface area (Å²) in [7, 11) is 4.01. The van der Waals surface area contributed by atoms with E-state index in [4.69, 9.17) is 9.47 Å². The summed E-state index contributed by atoms with van der Waals surface area (Å²) in [6, 6.07) is 0. The third-order valence-corrected chi connectivity index (χ3v) is 4.31. The van der Waals surface area contributed by atoms with Gasteiger partial charge in [-0.2, -0.15) is 0 Å². The lowest BCUT2D eigenvalue weighted by atomic mass is 10.4. The van der Waals surface area contributed by atoms with E-state index in [1.165, 1.54) is 25.9 Å². The maximum absolute atomic E-state index is 5.55. The van der Waals surface area contributed by atoms with Gasteiger partial charge in [-0.3, -0.25) is 4.99 Å². The molecule has 0 aliphatic carbocycles. The van der Waals surface area contributed by atoms with Gasteiger partial charge in [-0.05, 0) is 33.0 Å². The number of ether oxygens (including phenoxy) is 2. The summed E-state index contributed by atoms with van der Waals surface area (Å²) >= 11 is 0. The number of likely N-dealkylation sites (N-methyl/N-ethyl adjacent to an activating group) is 1. The van der Waals surface area contributed by atoms with Crippen LogP contribution in [0, 0.1) is 0 Å². The zero-order chi connectivity index (χ0) is 18.2. The predicted octanol–water partition coefficient (Wildman–Crippen LogP) is 1.24. The van der Waals surface area contributed by atoms with Crippen molar-refractivity contribution in [2.75, 3.05) is 86.3 Å². The van der Waals surface area contributed by atoms with Gasteiger partial charge in [-0.1, -0.05) is 13.3 Å². The smallest absolute Gasteiger partial charge is 0.191 e. The molecule has 0 aromatic rings. The summed E-state index contributed by atoms with van der Waals surface area (Å²) in [4.78, 5) is 9.18. The highest BCUT2D eigenvalue weighted by atomic mass is 127. The molecule has 1 aliphatic rings. The van der Waals surface area contributed by atoms with Gasteiger partial charge in [-0.25, -0.2) is 0 Å². The van der Waals surface area contributed by atoms with E-state index in [-0.39, 0.29) is 24.0 Å². The van der Waals surface area contributed by atoms with Crippen LogP contribution in [0.15, 0.2) is 4.99 Å². The fraction of sp³-hybridized carbons (Fsp3) is 0.944. The van der Waals surface area contributed by atoms with Gasteiger partial charge in [-0.15, -0.1) is 24.0 Å². The molecule has 0 bridgehead atoms. The van der Waals surface area contributed by atoms with Crippen LogP contribution in [0.4, 0.5) is 0 Å². The van der Waals surface area contributed by atoms with E-state index in [9.17, 15) is 0 Å². The van der Waals surface area contributed by atoms with Crippen LogP contribution in [0.25, 0.3) is 0 Å². The average molecular weight is 485 g/mol. The summed E-state index contributed by atoms with van der Waals surface area (Å²) < 4.78 is 11.0. The van der Waals surface area contributed by atoms with Crippen LogP contribution in [-0.4, -0.2) is 102 Å². The van der Waals surface area contributed by atoms with Gasteiger partial charge < -0.3 is 29.9 Å². The SMILES string of the molecule is CCCCOCCOCCNC(=NC)NCCN1CCCN(C)CC1.I. The van der Waals surface area contributed by atoms with Crippen molar-refractivity contribution in [1.29, 1.82) is 0 Å². The van der Waals surface area contributed by atoms with Crippen molar-refractivity contribution in [3.63, 3.8) is 0 Å². The summed E-state index contributed by atoms with van der Waals surface area (Å²) in [5.41, 5.74) is 0. The molecular weight excluding hydrogens is 445 g/mol. The van der Waals surface area contributed by atoms with E-state index in [0.29, 0.717) is 19.8 Å². The second kappa shape index (κ2) is 18.2. The first-order valence-electron chi connectivity index (χ1n) is 9.77. The van der Waals surface area contributed by atoms with E-state index in [0.717, 1.165) is 51.7 Å². The van der Waals surface area contributed by atoms with Crippen LogP contribution < -0.4 is 10.6 Å². The number of hydrogen-bond donors (Lipinski definition) is 2. The number of nitrogens with one attached hydrogen (secondary N) is 2.